The first-order valence-electron chi connectivity index (χ1n) is 6.63. The summed E-state index contributed by atoms with van der Waals surface area (Å²) in [4.78, 5) is 15.9. The van der Waals surface area contributed by atoms with Crippen molar-refractivity contribution in [3.8, 4) is 0 Å². The van der Waals surface area contributed by atoms with Gasteiger partial charge in [-0.2, -0.15) is 0 Å². The van der Waals surface area contributed by atoms with E-state index < -0.39 is 0 Å². The van der Waals surface area contributed by atoms with Crippen LogP contribution in [0.25, 0.3) is 0 Å². The lowest BCUT2D eigenvalue weighted by Gasteiger charge is -2.13. The highest BCUT2D eigenvalue weighted by atomic mass is 32.1. The Labute approximate surface area is 123 Å². The molecule has 2 aromatic rings. The predicted octanol–water partition coefficient (Wildman–Crippen LogP) is 3.91. The number of hydrogen-bond acceptors (Lipinski definition) is 4. The van der Waals surface area contributed by atoms with Crippen molar-refractivity contribution in [2.75, 3.05) is 10.6 Å². The number of rotatable bonds is 5. The van der Waals surface area contributed by atoms with Crippen LogP contribution >= 0.6 is 11.3 Å². The molecule has 20 heavy (non-hydrogen) atoms. The number of amides is 1. The maximum atomic E-state index is 11.6. The molecule has 1 unspecified atom stereocenters. The molecule has 0 aliphatic carbocycles. The number of thiazole rings is 1. The third-order valence-electron chi connectivity index (χ3n) is 2.88. The molecular weight excluding hydrogens is 270 g/mol. The molecule has 0 aliphatic rings. The zero-order valence-corrected chi connectivity index (χ0v) is 12.7. The van der Waals surface area contributed by atoms with Gasteiger partial charge >= 0.3 is 0 Å². The molecular formula is C15H19N3OS. The van der Waals surface area contributed by atoms with Crippen LogP contribution in [-0.2, 0) is 4.79 Å². The summed E-state index contributed by atoms with van der Waals surface area (Å²) < 4.78 is 0. The van der Waals surface area contributed by atoms with Gasteiger partial charge in [-0.25, -0.2) is 4.98 Å². The van der Waals surface area contributed by atoms with Crippen LogP contribution in [0.1, 0.15) is 31.8 Å². The monoisotopic (exact) mass is 289 g/mol. The minimum absolute atomic E-state index is 0.0160. The van der Waals surface area contributed by atoms with Crippen molar-refractivity contribution in [1.29, 1.82) is 0 Å². The molecule has 2 N–H and O–H groups in total. The first-order valence-corrected chi connectivity index (χ1v) is 7.51. The van der Waals surface area contributed by atoms with E-state index in [0.29, 0.717) is 0 Å². The molecule has 1 heterocycles. The van der Waals surface area contributed by atoms with Gasteiger partial charge in [-0.15, -0.1) is 11.3 Å². The normalized spacial score (nSPS) is 12.2. The molecule has 0 radical (unpaired) electrons. The standard InChI is InChI=1S/C15H19N3OS/c1-10(2)14(19)18-13-6-4-12(5-7-13)17-11(3)15-16-8-9-20-15/h4-11,17H,1-3H3,(H,18,19). The number of benzene rings is 1. The lowest BCUT2D eigenvalue weighted by atomic mass is 10.2. The zero-order chi connectivity index (χ0) is 14.5. The Bertz CT molecular complexity index is 549. The second-order valence-corrected chi connectivity index (χ2v) is 5.88. The van der Waals surface area contributed by atoms with Crippen LogP contribution in [-0.4, -0.2) is 10.9 Å². The summed E-state index contributed by atoms with van der Waals surface area (Å²) in [7, 11) is 0. The summed E-state index contributed by atoms with van der Waals surface area (Å²) in [6.07, 6.45) is 1.81. The Hall–Kier alpha value is -1.88. The number of nitrogens with one attached hydrogen (secondary N) is 2. The average Bonchev–Trinajstić information content (AvgIpc) is 2.95. The van der Waals surface area contributed by atoms with E-state index in [0.717, 1.165) is 16.4 Å². The van der Waals surface area contributed by atoms with E-state index in [9.17, 15) is 4.79 Å². The van der Waals surface area contributed by atoms with Gasteiger partial charge in [-0.05, 0) is 31.2 Å². The first kappa shape index (κ1) is 14.5. The molecule has 0 fully saturated rings. The van der Waals surface area contributed by atoms with Crippen molar-refractivity contribution in [2.24, 2.45) is 5.92 Å². The zero-order valence-electron chi connectivity index (χ0n) is 11.9. The molecule has 0 spiro atoms. The smallest absolute Gasteiger partial charge is 0.226 e. The van der Waals surface area contributed by atoms with Crippen LogP contribution in [0.2, 0.25) is 0 Å². The minimum atomic E-state index is -0.0160. The van der Waals surface area contributed by atoms with Crippen LogP contribution in [0.4, 0.5) is 11.4 Å². The topological polar surface area (TPSA) is 54.0 Å². The van der Waals surface area contributed by atoms with Crippen molar-refractivity contribution < 1.29 is 4.79 Å². The van der Waals surface area contributed by atoms with Gasteiger partial charge in [0.1, 0.15) is 5.01 Å². The van der Waals surface area contributed by atoms with Gasteiger partial charge in [-0.1, -0.05) is 13.8 Å². The largest absolute Gasteiger partial charge is 0.376 e. The maximum absolute atomic E-state index is 11.6. The summed E-state index contributed by atoms with van der Waals surface area (Å²) in [6.45, 7) is 5.83. The van der Waals surface area contributed by atoms with E-state index in [2.05, 4.69) is 22.5 Å². The van der Waals surface area contributed by atoms with Crippen LogP contribution < -0.4 is 10.6 Å². The van der Waals surface area contributed by atoms with Crippen LogP contribution in [0.15, 0.2) is 35.8 Å². The molecule has 0 aliphatic heterocycles. The van der Waals surface area contributed by atoms with Crippen molar-refractivity contribution >= 4 is 28.6 Å². The first-order chi connectivity index (χ1) is 9.56. The number of nitrogens with zero attached hydrogens (tertiary/aromatic N) is 1. The predicted molar refractivity (Wildman–Crippen MR) is 84.1 cm³/mol. The van der Waals surface area contributed by atoms with Gasteiger partial charge in [-0.3, -0.25) is 4.79 Å². The van der Waals surface area contributed by atoms with Gasteiger partial charge < -0.3 is 10.6 Å². The van der Waals surface area contributed by atoms with Crippen molar-refractivity contribution in [3.63, 3.8) is 0 Å². The number of carbonyl (C=O) groups excluding carboxylic acids is 1. The van der Waals surface area contributed by atoms with Gasteiger partial charge in [0.2, 0.25) is 5.91 Å². The molecule has 0 saturated heterocycles. The Morgan fingerprint density at radius 3 is 2.35 bits per heavy atom. The van der Waals surface area contributed by atoms with Crippen LogP contribution in [0, 0.1) is 5.92 Å². The Morgan fingerprint density at radius 2 is 1.80 bits per heavy atom. The van der Waals surface area contributed by atoms with Crippen molar-refractivity contribution in [2.45, 2.75) is 26.8 Å². The molecule has 1 aromatic heterocycles. The third kappa shape index (κ3) is 3.81. The highest BCUT2D eigenvalue weighted by molar-refractivity contribution is 7.09. The Morgan fingerprint density at radius 1 is 1.15 bits per heavy atom. The molecule has 1 aromatic carbocycles. The number of anilines is 2. The number of aromatic nitrogens is 1. The fourth-order valence-electron chi connectivity index (χ4n) is 1.70. The molecule has 106 valence electrons. The van der Waals surface area contributed by atoms with E-state index in [1.807, 2.05) is 49.7 Å². The van der Waals surface area contributed by atoms with E-state index in [1.54, 1.807) is 11.3 Å². The summed E-state index contributed by atoms with van der Waals surface area (Å²) in [6, 6.07) is 7.89. The highest BCUT2D eigenvalue weighted by Gasteiger charge is 2.09. The van der Waals surface area contributed by atoms with Crippen LogP contribution in [0.3, 0.4) is 0 Å². The molecule has 1 amide bonds. The molecule has 1 atom stereocenters. The lowest BCUT2D eigenvalue weighted by molar-refractivity contribution is -0.118. The van der Waals surface area contributed by atoms with Crippen molar-refractivity contribution in [1.82, 2.24) is 4.98 Å². The maximum Gasteiger partial charge on any atom is 0.226 e. The Balaban J connectivity index is 1.96. The molecule has 0 saturated carbocycles. The summed E-state index contributed by atoms with van der Waals surface area (Å²) in [5.74, 6) is 0.0135. The van der Waals surface area contributed by atoms with E-state index in [4.69, 9.17) is 0 Å². The number of hydrogen-bond donors (Lipinski definition) is 2. The SMILES string of the molecule is CC(C)C(=O)Nc1ccc(NC(C)c2nccs2)cc1. The van der Waals surface area contributed by atoms with E-state index in [1.165, 1.54) is 0 Å². The fourth-order valence-corrected chi connectivity index (χ4v) is 2.34. The Kier molecular flexibility index (Phi) is 4.74. The number of carbonyl (C=O) groups is 1. The molecule has 2 rings (SSSR count). The van der Waals surface area contributed by atoms with Gasteiger partial charge in [0.15, 0.2) is 0 Å². The summed E-state index contributed by atoms with van der Waals surface area (Å²) >= 11 is 1.63. The van der Waals surface area contributed by atoms with E-state index in [-0.39, 0.29) is 17.9 Å². The second-order valence-electron chi connectivity index (χ2n) is 4.96. The summed E-state index contributed by atoms with van der Waals surface area (Å²) in [5, 5.41) is 9.28. The minimum Gasteiger partial charge on any atom is -0.376 e. The second kappa shape index (κ2) is 6.52. The average molecular weight is 289 g/mol. The quantitative estimate of drug-likeness (QED) is 0.877. The van der Waals surface area contributed by atoms with Gasteiger partial charge in [0.25, 0.3) is 0 Å². The van der Waals surface area contributed by atoms with Gasteiger partial charge in [0.05, 0.1) is 6.04 Å². The molecule has 5 heteroatoms. The summed E-state index contributed by atoms with van der Waals surface area (Å²) in [5.41, 5.74) is 1.83. The third-order valence-corrected chi connectivity index (χ3v) is 3.84. The van der Waals surface area contributed by atoms with Crippen molar-refractivity contribution in [3.05, 3.63) is 40.8 Å². The van der Waals surface area contributed by atoms with Gasteiger partial charge in [0, 0.05) is 28.9 Å². The molecule has 4 nitrogen and oxygen atoms in total. The van der Waals surface area contributed by atoms with Crippen LogP contribution in [0.5, 0.6) is 0 Å². The fraction of sp³-hybridized carbons (Fsp3) is 0.333. The lowest BCUT2D eigenvalue weighted by Crippen LogP contribution is -2.17. The highest BCUT2D eigenvalue weighted by Crippen LogP contribution is 2.22. The van der Waals surface area contributed by atoms with E-state index >= 15 is 0 Å². The molecule has 0 bridgehead atoms.